The van der Waals surface area contributed by atoms with Gasteiger partial charge in [0.1, 0.15) is 7.85 Å². The van der Waals surface area contributed by atoms with E-state index in [1.54, 1.807) is 24.5 Å². The molecule has 0 fully saturated rings. The van der Waals surface area contributed by atoms with Crippen LogP contribution in [0.4, 0.5) is 5.69 Å². The van der Waals surface area contributed by atoms with E-state index < -0.39 is 0 Å². The van der Waals surface area contributed by atoms with Gasteiger partial charge in [-0.25, -0.2) is 0 Å². The second kappa shape index (κ2) is 8.67. The zero-order chi connectivity index (χ0) is 18.5. The van der Waals surface area contributed by atoms with Gasteiger partial charge in [0.05, 0.1) is 11.4 Å². The molecule has 0 aliphatic rings. The van der Waals surface area contributed by atoms with Crippen LogP contribution in [0.5, 0.6) is 0 Å². The Morgan fingerprint density at radius 2 is 2.19 bits per heavy atom. The molecular formula is C17H15BIN5OS. The van der Waals surface area contributed by atoms with Gasteiger partial charge in [-0.05, 0) is 47.7 Å². The molecule has 0 unspecified atom stereocenters. The summed E-state index contributed by atoms with van der Waals surface area (Å²) in [7, 11) is 5.73. The van der Waals surface area contributed by atoms with Crippen LogP contribution in [-0.2, 0) is 11.3 Å². The molecule has 1 amide bonds. The number of thioether (sulfide) groups is 1. The highest BCUT2D eigenvalue weighted by Crippen LogP contribution is 2.24. The molecule has 0 bridgehead atoms. The molecule has 2 radical (unpaired) electrons. The smallest absolute Gasteiger partial charge is 0.234 e. The van der Waals surface area contributed by atoms with E-state index in [-0.39, 0.29) is 11.7 Å². The van der Waals surface area contributed by atoms with E-state index in [0.717, 1.165) is 20.6 Å². The first-order chi connectivity index (χ1) is 12.6. The number of halogens is 1. The van der Waals surface area contributed by atoms with E-state index in [1.807, 2.05) is 29.7 Å². The zero-order valence-corrected chi connectivity index (χ0v) is 17.0. The average Bonchev–Trinajstić information content (AvgIpc) is 3.06. The largest absolute Gasteiger partial charge is 0.324 e. The van der Waals surface area contributed by atoms with Gasteiger partial charge in [-0.3, -0.25) is 9.78 Å². The minimum Gasteiger partial charge on any atom is -0.324 e. The molecular weight excluding hydrogens is 460 g/mol. The normalized spacial score (nSPS) is 10.7. The summed E-state index contributed by atoms with van der Waals surface area (Å²) in [5, 5.41) is 12.1. The Labute approximate surface area is 170 Å². The predicted octanol–water partition coefficient (Wildman–Crippen LogP) is 2.49. The minimum atomic E-state index is -0.105. The highest BCUT2D eigenvalue weighted by atomic mass is 127. The molecule has 3 rings (SSSR count). The second-order valence-corrected chi connectivity index (χ2v) is 7.47. The van der Waals surface area contributed by atoms with Crippen LogP contribution in [0.15, 0.2) is 47.9 Å². The molecule has 1 aromatic carbocycles. The molecule has 2 heterocycles. The van der Waals surface area contributed by atoms with Crippen LogP contribution in [0.25, 0.3) is 11.4 Å². The first-order valence-corrected chi connectivity index (χ1v) is 9.96. The summed E-state index contributed by atoms with van der Waals surface area (Å²) in [6.45, 7) is 2.72. The van der Waals surface area contributed by atoms with Crippen molar-refractivity contribution in [3.05, 3.63) is 46.3 Å². The van der Waals surface area contributed by atoms with E-state index in [1.165, 1.54) is 11.8 Å². The number of nitrogens with zero attached hydrogens (tertiary/aromatic N) is 4. The minimum absolute atomic E-state index is 0.105. The third-order valence-electron chi connectivity index (χ3n) is 3.55. The Balaban J connectivity index is 1.68. The lowest BCUT2D eigenvalue weighted by Crippen LogP contribution is -2.16. The van der Waals surface area contributed by atoms with Crippen LogP contribution in [-0.4, -0.2) is 39.3 Å². The zero-order valence-electron chi connectivity index (χ0n) is 14.0. The van der Waals surface area contributed by atoms with Crippen molar-refractivity contribution in [2.24, 2.45) is 0 Å². The Morgan fingerprint density at radius 3 is 2.88 bits per heavy atom. The standard InChI is InChI=1S/C17H15BIN5OS/c1-2-24-16(11-4-3-7-20-9-11)22-23-17(24)26-10-15(25)21-14-6-5-12(18)8-13(14)19/h3-9H,2,10H2,1H3,(H,21,25). The maximum atomic E-state index is 12.3. The molecule has 0 atom stereocenters. The van der Waals surface area contributed by atoms with Gasteiger partial charge in [-0.2, -0.15) is 0 Å². The number of pyridine rings is 1. The number of hydrogen-bond donors (Lipinski definition) is 1. The van der Waals surface area contributed by atoms with Crippen LogP contribution in [0.3, 0.4) is 0 Å². The Kier molecular flexibility index (Phi) is 6.31. The molecule has 0 aliphatic heterocycles. The first kappa shape index (κ1) is 18.9. The van der Waals surface area contributed by atoms with Gasteiger partial charge in [0.2, 0.25) is 5.91 Å². The van der Waals surface area contributed by atoms with E-state index in [9.17, 15) is 4.79 Å². The summed E-state index contributed by atoms with van der Waals surface area (Å²) in [6, 6.07) is 9.18. The Hall–Kier alpha value is -1.88. The summed E-state index contributed by atoms with van der Waals surface area (Å²) in [4.78, 5) is 16.4. The molecule has 6 nitrogen and oxygen atoms in total. The van der Waals surface area contributed by atoms with Crippen LogP contribution in [0.2, 0.25) is 0 Å². The van der Waals surface area contributed by atoms with Crippen molar-refractivity contribution >= 4 is 59.3 Å². The number of amides is 1. The van der Waals surface area contributed by atoms with Crippen molar-refractivity contribution in [1.29, 1.82) is 0 Å². The van der Waals surface area contributed by atoms with Crippen LogP contribution in [0.1, 0.15) is 6.92 Å². The molecule has 3 aromatic rings. The number of benzene rings is 1. The van der Waals surface area contributed by atoms with Gasteiger partial charge in [0.15, 0.2) is 11.0 Å². The summed E-state index contributed by atoms with van der Waals surface area (Å²) in [5.74, 6) is 0.883. The third-order valence-corrected chi connectivity index (χ3v) is 5.41. The fourth-order valence-electron chi connectivity index (χ4n) is 2.34. The Bertz CT molecular complexity index is 919. The van der Waals surface area contributed by atoms with Crippen molar-refractivity contribution in [2.75, 3.05) is 11.1 Å². The summed E-state index contributed by atoms with van der Waals surface area (Å²) in [5.41, 5.74) is 2.31. The molecule has 9 heteroatoms. The SMILES string of the molecule is [B]c1ccc(NC(=O)CSc2nnc(-c3cccnc3)n2CC)c(I)c1. The van der Waals surface area contributed by atoms with Crippen molar-refractivity contribution in [1.82, 2.24) is 19.7 Å². The molecule has 1 N–H and O–H groups in total. The Morgan fingerprint density at radius 1 is 1.35 bits per heavy atom. The molecule has 26 heavy (non-hydrogen) atoms. The molecule has 0 spiro atoms. The highest BCUT2D eigenvalue weighted by molar-refractivity contribution is 14.1. The van der Waals surface area contributed by atoms with Gasteiger partial charge < -0.3 is 9.88 Å². The quantitative estimate of drug-likeness (QED) is 0.337. The molecule has 2 aromatic heterocycles. The predicted molar refractivity (Wildman–Crippen MR) is 113 cm³/mol. The summed E-state index contributed by atoms with van der Waals surface area (Å²) >= 11 is 3.50. The summed E-state index contributed by atoms with van der Waals surface area (Å²) in [6.07, 6.45) is 3.47. The van der Waals surface area contributed by atoms with Crippen molar-refractivity contribution in [3.63, 3.8) is 0 Å². The van der Waals surface area contributed by atoms with Crippen LogP contribution in [0, 0.1) is 3.57 Å². The van der Waals surface area contributed by atoms with Gasteiger partial charge in [-0.1, -0.05) is 29.4 Å². The number of hydrogen-bond acceptors (Lipinski definition) is 5. The fourth-order valence-corrected chi connectivity index (χ4v) is 3.81. The number of anilines is 1. The van der Waals surface area contributed by atoms with Gasteiger partial charge in [0.25, 0.3) is 0 Å². The molecule has 0 aliphatic carbocycles. The van der Waals surface area contributed by atoms with Crippen LogP contribution < -0.4 is 10.8 Å². The lowest BCUT2D eigenvalue weighted by molar-refractivity contribution is -0.113. The lowest BCUT2D eigenvalue weighted by Gasteiger charge is -2.09. The van der Waals surface area contributed by atoms with Crippen molar-refractivity contribution < 1.29 is 4.79 Å². The van der Waals surface area contributed by atoms with Crippen LogP contribution >= 0.6 is 34.4 Å². The fraction of sp³-hybridized carbons (Fsp3) is 0.176. The monoisotopic (exact) mass is 475 g/mol. The van der Waals surface area contributed by atoms with Gasteiger partial charge >= 0.3 is 0 Å². The maximum Gasteiger partial charge on any atom is 0.234 e. The number of carbonyl (C=O) groups is 1. The topological polar surface area (TPSA) is 72.7 Å². The van der Waals surface area contributed by atoms with E-state index in [0.29, 0.717) is 17.2 Å². The maximum absolute atomic E-state index is 12.3. The highest BCUT2D eigenvalue weighted by Gasteiger charge is 2.15. The van der Waals surface area contributed by atoms with E-state index in [4.69, 9.17) is 7.85 Å². The van der Waals surface area contributed by atoms with Gasteiger partial charge in [0, 0.05) is 28.1 Å². The lowest BCUT2D eigenvalue weighted by atomic mass is 9.96. The number of nitrogens with one attached hydrogen (secondary N) is 1. The third kappa shape index (κ3) is 4.45. The summed E-state index contributed by atoms with van der Waals surface area (Å²) < 4.78 is 2.87. The van der Waals surface area contributed by atoms with Gasteiger partial charge in [-0.15, -0.1) is 10.2 Å². The molecule has 0 saturated heterocycles. The van der Waals surface area contributed by atoms with Crippen molar-refractivity contribution in [2.45, 2.75) is 18.6 Å². The number of rotatable bonds is 6. The average molecular weight is 475 g/mol. The molecule has 130 valence electrons. The second-order valence-electron chi connectivity index (χ2n) is 5.37. The van der Waals surface area contributed by atoms with E-state index >= 15 is 0 Å². The molecule has 0 saturated carbocycles. The number of carbonyl (C=O) groups excluding carboxylic acids is 1. The van der Waals surface area contributed by atoms with E-state index in [2.05, 4.69) is 43.1 Å². The van der Waals surface area contributed by atoms with Crippen molar-refractivity contribution in [3.8, 4) is 11.4 Å². The first-order valence-electron chi connectivity index (χ1n) is 7.89. The number of aromatic nitrogens is 4.